The van der Waals surface area contributed by atoms with Crippen molar-refractivity contribution in [2.45, 2.75) is 13.0 Å². The van der Waals surface area contributed by atoms with Crippen molar-refractivity contribution in [2.24, 2.45) is 5.73 Å². The van der Waals surface area contributed by atoms with Crippen LogP contribution in [0.25, 0.3) is 0 Å². The summed E-state index contributed by atoms with van der Waals surface area (Å²) in [6, 6.07) is 0. The van der Waals surface area contributed by atoms with Gasteiger partial charge in [0.05, 0.1) is 22.9 Å². The second-order valence-corrected chi connectivity index (χ2v) is 4.36. The minimum Gasteiger partial charge on any atom is -0.330 e. The molecule has 1 heterocycles. The standard InChI is InChI=1S/C9H17BrN4/c1-13(2)5-6-14-9(3-4-11)8(10)7-12-14/h7H,3-6,11H2,1-2H3. The zero-order chi connectivity index (χ0) is 10.6. The molecule has 0 radical (unpaired) electrons. The molecule has 0 fully saturated rings. The zero-order valence-electron chi connectivity index (χ0n) is 8.70. The SMILES string of the molecule is CN(C)CCn1ncc(Br)c1CCN. The maximum Gasteiger partial charge on any atom is 0.0635 e. The van der Waals surface area contributed by atoms with Crippen molar-refractivity contribution in [3.8, 4) is 0 Å². The Bertz CT molecular complexity index is 282. The zero-order valence-corrected chi connectivity index (χ0v) is 10.3. The number of hydrogen-bond acceptors (Lipinski definition) is 3. The monoisotopic (exact) mass is 260 g/mol. The predicted molar refractivity (Wildman–Crippen MR) is 61.2 cm³/mol. The van der Waals surface area contributed by atoms with Gasteiger partial charge >= 0.3 is 0 Å². The Hall–Kier alpha value is -0.390. The van der Waals surface area contributed by atoms with E-state index in [9.17, 15) is 0 Å². The average Bonchev–Trinajstić information content (AvgIpc) is 2.46. The van der Waals surface area contributed by atoms with Gasteiger partial charge < -0.3 is 10.6 Å². The number of aromatic nitrogens is 2. The third-order valence-corrected chi connectivity index (χ3v) is 2.70. The van der Waals surface area contributed by atoms with E-state index in [0.717, 1.165) is 24.0 Å². The molecule has 0 aromatic carbocycles. The van der Waals surface area contributed by atoms with Gasteiger partial charge in [-0.15, -0.1) is 0 Å². The van der Waals surface area contributed by atoms with Gasteiger partial charge in [0, 0.05) is 13.0 Å². The van der Waals surface area contributed by atoms with E-state index in [0.29, 0.717) is 6.54 Å². The first-order chi connectivity index (χ1) is 6.65. The van der Waals surface area contributed by atoms with Crippen molar-refractivity contribution in [1.29, 1.82) is 0 Å². The van der Waals surface area contributed by atoms with E-state index in [1.807, 2.05) is 10.9 Å². The largest absolute Gasteiger partial charge is 0.330 e. The van der Waals surface area contributed by atoms with Crippen LogP contribution in [0.5, 0.6) is 0 Å². The van der Waals surface area contributed by atoms with E-state index in [-0.39, 0.29) is 0 Å². The molecule has 0 aliphatic carbocycles. The molecule has 0 bridgehead atoms. The van der Waals surface area contributed by atoms with E-state index in [4.69, 9.17) is 5.73 Å². The highest BCUT2D eigenvalue weighted by atomic mass is 79.9. The minimum atomic E-state index is 0.659. The van der Waals surface area contributed by atoms with E-state index < -0.39 is 0 Å². The molecule has 5 heteroatoms. The Morgan fingerprint density at radius 2 is 2.29 bits per heavy atom. The van der Waals surface area contributed by atoms with E-state index in [1.54, 1.807) is 0 Å². The smallest absolute Gasteiger partial charge is 0.0635 e. The molecule has 0 atom stereocenters. The molecule has 4 nitrogen and oxygen atoms in total. The highest BCUT2D eigenvalue weighted by molar-refractivity contribution is 9.10. The molecule has 0 amide bonds. The molecule has 0 aliphatic heterocycles. The van der Waals surface area contributed by atoms with Crippen LogP contribution in [0.15, 0.2) is 10.7 Å². The number of nitrogens with zero attached hydrogens (tertiary/aromatic N) is 3. The second kappa shape index (κ2) is 5.48. The van der Waals surface area contributed by atoms with Crippen molar-refractivity contribution in [3.05, 3.63) is 16.4 Å². The average molecular weight is 261 g/mol. The molecule has 1 rings (SSSR count). The number of nitrogens with two attached hydrogens (primary N) is 1. The molecule has 0 saturated heterocycles. The lowest BCUT2D eigenvalue weighted by Gasteiger charge is -2.11. The summed E-state index contributed by atoms with van der Waals surface area (Å²) in [6.07, 6.45) is 2.70. The van der Waals surface area contributed by atoms with Crippen molar-refractivity contribution in [2.75, 3.05) is 27.2 Å². The molecule has 14 heavy (non-hydrogen) atoms. The Morgan fingerprint density at radius 3 is 2.86 bits per heavy atom. The van der Waals surface area contributed by atoms with Gasteiger partial charge in [-0.1, -0.05) is 0 Å². The van der Waals surface area contributed by atoms with Gasteiger partial charge in [-0.3, -0.25) is 4.68 Å². The molecular weight excluding hydrogens is 244 g/mol. The van der Waals surface area contributed by atoms with E-state index >= 15 is 0 Å². The van der Waals surface area contributed by atoms with Gasteiger partial charge in [-0.25, -0.2) is 0 Å². The van der Waals surface area contributed by atoms with Gasteiger partial charge in [-0.2, -0.15) is 5.10 Å². The van der Waals surface area contributed by atoms with Gasteiger partial charge in [-0.05, 0) is 36.6 Å². The van der Waals surface area contributed by atoms with Crippen LogP contribution in [0.4, 0.5) is 0 Å². The van der Waals surface area contributed by atoms with Crippen LogP contribution in [0.2, 0.25) is 0 Å². The lowest BCUT2D eigenvalue weighted by Crippen LogP contribution is -2.21. The van der Waals surface area contributed by atoms with Crippen LogP contribution in [0.3, 0.4) is 0 Å². The summed E-state index contributed by atoms with van der Waals surface area (Å²) in [6.45, 7) is 2.56. The van der Waals surface area contributed by atoms with Crippen LogP contribution in [0, 0.1) is 0 Å². The fourth-order valence-corrected chi connectivity index (χ4v) is 1.75. The summed E-state index contributed by atoms with van der Waals surface area (Å²) in [5, 5.41) is 4.29. The highest BCUT2D eigenvalue weighted by Crippen LogP contribution is 2.15. The first-order valence-electron chi connectivity index (χ1n) is 4.70. The quantitative estimate of drug-likeness (QED) is 0.849. The summed E-state index contributed by atoms with van der Waals surface area (Å²) in [7, 11) is 4.11. The van der Waals surface area contributed by atoms with E-state index in [2.05, 4.69) is 40.0 Å². The maximum absolute atomic E-state index is 5.54. The molecule has 0 spiro atoms. The lowest BCUT2D eigenvalue weighted by atomic mass is 10.3. The van der Waals surface area contributed by atoms with Crippen LogP contribution in [-0.4, -0.2) is 41.9 Å². The number of halogens is 1. The summed E-state index contributed by atoms with van der Waals surface area (Å²) in [5.74, 6) is 0. The van der Waals surface area contributed by atoms with Crippen LogP contribution < -0.4 is 5.73 Å². The summed E-state index contributed by atoms with van der Waals surface area (Å²) >= 11 is 3.47. The number of likely N-dealkylation sites (N-methyl/N-ethyl adjacent to an activating group) is 1. The van der Waals surface area contributed by atoms with Crippen LogP contribution >= 0.6 is 15.9 Å². The van der Waals surface area contributed by atoms with Crippen molar-refractivity contribution < 1.29 is 0 Å². The Balaban J connectivity index is 2.65. The number of rotatable bonds is 5. The van der Waals surface area contributed by atoms with E-state index in [1.165, 1.54) is 5.69 Å². The first-order valence-corrected chi connectivity index (χ1v) is 5.49. The highest BCUT2D eigenvalue weighted by Gasteiger charge is 2.07. The molecule has 80 valence electrons. The first kappa shape index (κ1) is 11.7. The summed E-state index contributed by atoms with van der Waals surface area (Å²) in [4.78, 5) is 2.14. The molecule has 0 saturated carbocycles. The third kappa shape index (κ3) is 3.08. The summed E-state index contributed by atoms with van der Waals surface area (Å²) < 4.78 is 3.07. The van der Waals surface area contributed by atoms with Gasteiger partial charge in [0.15, 0.2) is 0 Å². The summed E-state index contributed by atoms with van der Waals surface area (Å²) in [5.41, 5.74) is 6.73. The molecule has 0 unspecified atom stereocenters. The Labute approximate surface area is 93.2 Å². The van der Waals surface area contributed by atoms with Crippen LogP contribution in [-0.2, 0) is 13.0 Å². The third-order valence-electron chi connectivity index (χ3n) is 2.04. The fraction of sp³-hybridized carbons (Fsp3) is 0.667. The van der Waals surface area contributed by atoms with Crippen LogP contribution in [0.1, 0.15) is 5.69 Å². The molecular formula is C9H17BrN4. The lowest BCUT2D eigenvalue weighted by molar-refractivity contribution is 0.369. The number of hydrogen-bond donors (Lipinski definition) is 1. The molecule has 2 N–H and O–H groups in total. The Kier molecular flexibility index (Phi) is 4.57. The van der Waals surface area contributed by atoms with Crippen molar-refractivity contribution in [1.82, 2.24) is 14.7 Å². The molecule has 1 aromatic heterocycles. The van der Waals surface area contributed by atoms with Crippen molar-refractivity contribution >= 4 is 15.9 Å². The molecule has 0 aliphatic rings. The normalized spacial score (nSPS) is 11.2. The molecule has 1 aromatic rings. The maximum atomic E-state index is 5.54. The predicted octanol–water partition coefficient (Wildman–Crippen LogP) is 0.708. The fourth-order valence-electron chi connectivity index (χ4n) is 1.26. The minimum absolute atomic E-state index is 0.659. The van der Waals surface area contributed by atoms with Gasteiger partial charge in [0.2, 0.25) is 0 Å². The second-order valence-electron chi connectivity index (χ2n) is 3.50. The topological polar surface area (TPSA) is 47.1 Å². The van der Waals surface area contributed by atoms with Gasteiger partial charge in [0.1, 0.15) is 0 Å². The Morgan fingerprint density at radius 1 is 1.57 bits per heavy atom. The van der Waals surface area contributed by atoms with Crippen molar-refractivity contribution in [3.63, 3.8) is 0 Å². The van der Waals surface area contributed by atoms with Gasteiger partial charge in [0.25, 0.3) is 0 Å².